The first kappa shape index (κ1) is 31.0. The minimum atomic E-state index is -0.291. The number of pyridine rings is 1. The minimum Gasteiger partial charge on any atom is -0.377 e. The number of nitrogens with zero attached hydrogens (tertiary/aromatic N) is 7. The number of aryl methyl sites for hydroxylation is 1. The first-order valence-corrected chi connectivity index (χ1v) is 16.5. The van der Waals surface area contributed by atoms with Crippen LogP contribution in [0.2, 0.25) is 5.02 Å². The fourth-order valence-corrected chi connectivity index (χ4v) is 7.19. The van der Waals surface area contributed by atoms with E-state index < -0.39 is 0 Å². The molecule has 0 bridgehead atoms. The second-order valence-electron chi connectivity index (χ2n) is 12.7. The summed E-state index contributed by atoms with van der Waals surface area (Å²) in [5.41, 5.74) is 7.44. The Morgan fingerprint density at radius 3 is 2.51 bits per heavy atom. The van der Waals surface area contributed by atoms with Crippen LogP contribution in [0.5, 0.6) is 0 Å². The van der Waals surface area contributed by atoms with Crippen LogP contribution in [0.15, 0.2) is 60.4 Å². The van der Waals surface area contributed by atoms with Crippen LogP contribution in [-0.4, -0.2) is 48.5 Å². The van der Waals surface area contributed by atoms with Gasteiger partial charge in [-0.1, -0.05) is 47.1 Å². The van der Waals surface area contributed by atoms with Crippen LogP contribution in [0.3, 0.4) is 0 Å². The number of likely N-dealkylation sites (tertiary alicyclic amines) is 1. The normalized spacial score (nSPS) is 15.9. The number of aromatic nitrogens is 5. The highest BCUT2D eigenvalue weighted by atomic mass is 35.5. The lowest BCUT2D eigenvalue weighted by molar-refractivity contribution is 0.0866. The van der Waals surface area contributed by atoms with E-state index in [2.05, 4.69) is 87.9 Å². The lowest BCUT2D eigenvalue weighted by Gasteiger charge is -2.40. The molecule has 4 heterocycles. The predicted octanol–water partition coefficient (Wildman–Crippen LogP) is 7.93. The topological polar surface area (TPSA) is 108 Å². The van der Waals surface area contributed by atoms with E-state index in [-0.39, 0.29) is 17.6 Å². The standard InChI is InChI=1S/C34H38ClN9S/c1-21(23-9-7-6-8-10-23)39-30-24(17-36)18-37-31-27(30)15-25(16-28(31)35)40-32(33-22(2)38-20-45-33)29-19-44(42-41-29)26-11-13-43(14-12-26)34(3,4)5/h6-10,15-16,18-21,26,32,40H,11-14H2,1-5H3,(H,37,39). The van der Waals surface area contributed by atoms with Gasteiger partial charge in [-0.05, 0) is 65.2 Å². The fourth-order valence-electron chi connectivity index (χ4n) is 6.06. The highest BCUT2D eigenvalue weighted by Crippen LogP contribution is 2.38. The van der Waals surface area contributed by atoms with Crippen LogP contribution in [-0.2, 0) is 0 Å². The summed E-state index contributed by atoms with van der Waals surface area (Å²) in [7, 11) is 0. The summed E-state index contributed by atoms with van der Waals surface area (Å²) < 4.78 is 2.03. The van der Waals surface area contributed by atoms with Crippen molar-refractivity contribution in [2.45, 2.75) is 71.1 Å². The summed E-state index contributed by atoms with van der Waals surface area (Å²) in [4.78, 5) is 12.7. The second kappa shape index (κ2) is 12.8. The second-order valence-corrected chi connectivity index (χ2v) is 14.0. The molecule has 0 amide bonds. The van der Waals surface area contributed by atoms with Crippen molar-refractivity contribution in [2.24, 2.45) is 0 Å². The van der Waals surface area contributed by atoms with Crippen molar-refractivity contribution >= 4 is 45.2 Å². The number of hydrogen-bond acceptors (Lipinski definition) is 9. The SMILES string of the molecule is Cc1ncsc1C(Nc1cc(Cl)c2ncc(C#N)c(NC(C)c3ccccc3)c2c1)c1cn(C2CCN(C(C)(C)C)CC2)nn1. The van der Waals surface area contributed by atoms with Gasteiger partial charge in [0.25, 0.3) is 0 Å². The number of benzene rings is 2. The monoisotopic (exact) mass is 639 g/mol. The minimum absolute atomic E-state index is 0.0443. The Morgan fingerprint density at radius 2 is 1.84 bits per heavy atom. The van der Waals surface area contributed by atoms with Gasteiger partial charge in [0.2, 0.25) is 0 Å². The van der Waals surface area contributed by atoms with E-state index in [4.69, 9.17) is 11.6 Å². The lowest BCUT2D eigenvalue weighted by Crippen LogP contribution is -2.46. The molecule has 3 aromatic heterocycles. The predicted molar refractivity (Wildman–Crippen MR) is 182 cm³/mol. The maximum Gasteiger partial charge on any atom is 0.110 e. The van der Waals surface area contributed by atoms with Gasteiger partial charge in [-0.3, -0.25) is 9.88 Å². The molecule has 2 N–H and O–H groups in total. The molecule has 0 spiro atoms. The Balaban J connectivity index is 1.34. The first-order valence-electron chi connectivity index (χ1n) is 15.3. The molecule has 232 valence electrons. The van der Waals surface area contributed by atoms with Crippen LogP contribution < -0.4 is 10.6 Å². The third kappa shape index (κ3) is 6.52. The summed E-state index contributed by atoms with van der Waals surface area (Å²) in [6.07, 6.45) is 5.71. The maximum absolute atomic E-state index is 10.0. The highest BCUT2D eigenvalue weighted by Gasteiger charge is 2.30. The molecule has 0 aliphatic carbocycles. The van der Waals surface area contributed by atoms with Crippen molar-refractivity contribution in [3.05, 3.63) is 92.8 Å². The molecular weight excluding hydrogens is 602 g/mol. The van der Waals surface area contributed by atoms with Crippen molar-refractivity contribution in [2.75, 3.05) is 23.7 Å². The molecule has 45 heavy (non-hydrogen) atoms. The van der Waals surface area contributed by atoms with Gasteiger partial charge in [0, 0.05) is 41.9 Å². The maximum atomic E-state index is 10.0. The lowest BCUT2D eigenvalue weighted by atomic mass is 9.98. The average molecular weight is 640 g/mol. The molecule has 0 radical (unpaired) electrons. The summed E-state index contributed by atoms with van der Waals surface area (Å²) in [6.45, 7) is 13.0. The van der Waals surface area contributed by atoms with Crippen LogP contribution in [0.1, 0.15) is 86.1 Å². The average Bonchev–Trinajstić information content (AvgIpc) is 3.70. The molecule has 1 aliphatic rings. The van der Waals surface area contributed by atoms with Crippen LogP contribution in [0, 0.1) is 18.3 Å². The van der Waals surface area contributed by atoms with Gasteiger partial charge >= 0.3 is 0 Å². The van der Waals surface area contributed by atoms with E-state index in [0.29, 0.717) is 27.8 Å². The number of halogens is 1. The molecule has 5 aromatic rings. The molecular formula is C34H38ClN9S. The summed E-state index contributed by atoms with van der Waals surface area (Å²) in [5, 5.41) is 27.8. The van der Waals surface area contributed by atoms with Gasteiger partial charge in [0.05, 0.1) is 50.1 Å². The van der Waals surface area contributed by atoms with Gasteiger partial charge in [0.15, 0.2) is 0 Å². The quantitative estimate of drug-likeness (QED) is 0.176. The fraction of sp³-hybridized carbons (Fsp3) is 0.382. The zero-order valence-electron chi connectivity index (χ0n) is 26.3. The third-order valence-corrected chi connectivity index (χ3v) is 9.96. The molecule has 6 rings (SSSR count). The van der Waals surface area contributed by atoms with Gasteiger partial charge in [0.1, 0.15) is 17.8 Å². The number of anilines is 2. The Hall–Kier alpha value is -4.04. The number of piperidine rings is 1. The molecule has 1 saturated heterocycles. The molecule has 0 saturated carbocycles. The molecule has 9 nitrogen and oxygen atoms in total. The molecule has 11 heteroatoms. The zero-order chi connectivity index (χ0) is 31.7. The number of hydrogen-bond donors (Lipinski definition) is 2. The van der Waals surface area contributed by atoms with E-state index in [1.807, 2.05) is 47.4 Å². The summed E-state index contributed by atoms with van der Waals surface area (Å²) >= 11 is 8.44. The number of thiazole rings is 1. The summed E-state index contributed by atoms with van der Waals surface area (Å²) in [6, 6.07) is 16.3. The number of nitriles is 1. The Bertz CT molecular complexity index is 1830. The van der Waals surface area contributed by atoms with E-state index in [9.17, 15) is 5.26 Å². The number of fused-ring (bicyclic) bond motifs is 1. The van der Waals surface area contributed by atoms with E-state index in [0.717, 1.165) is 58.8 Å². The van der Waals surface area contributed by atoms with E-state index in [1.54, 1.807) is 17.5 Å². The smallest absolute Gasteiger partial charge is 0.110 e. The molecule has 1 aliphatic heterocycles. The zero-order valence-corrected chi connectivity index (χ0v) is 27.8. The van der Waals surface area contributed by atoms with Crippen molar-refractivity contribution in [1.29, 1.82) is 5.26 Å². The Morgan fingerprint density at radius 1 is 1.09 bits per heavy atom. The van der Waals surface area contributed by atoms with Gasteiger partial charge in [-0.25, -0.2) is 9.67 Å². The van der Waals surface area contributed by atoms with Crippen LogP contribution >= 0.6 is 22.9 Å². The van der Waals surface area contributed by atoms with Crippen molar-refractivity contribution in [3.63, 3.8) is 0 Å². The van der Waals surface area contributed by atoms with Crippen LogP contribution in [0.4, 0.5) is 11.4 Å². The molecule has 2 atom stereocenters. The molecule has 1 fully saturated rings. The Labute approximate surface area is 273 Å². The van der Waals surface area contributed by atoms with Gasteiger partial charge in [-0.15, -0.1) is 16.4 Å². The molecule has 2 aromatic carbocycles. The number of nitrogens with one attached hydrogen (secondary N) is 2. The van der Waals surface area contributed by atoms with Gasteiger partial charge in [-0.2, -0.15) is 5.26 Å². The largest absolute Gasteiger partial charge is 0.377 e. The van der Waals surface area contributed by atoms with Crippen molar-refractivity contribution in [3.8, 4) is 6.07 Å². The first-order chi connectivity index (χ1) is 21.6. The van der Waals surface area contributed by atoms with Gasteiger partial charge < -0.3 is 10.6 Å². The highest BCUT2D eigenvalue weighted by molar-refractivity contribution is 7.09. The Kier molecular flexibility index (Phi) is 8.78. The van der Waals surface area contributed by atoms with E-state index >= 15 is 0 Å². The van der Waals surface area contributed by atoms with Crippen LogP contribution in [0.25, 0.3) is 10.9 Å². The van der Waals surface area contributed by atoms with E-state index in [1.165, 1.54) is 0 Å². The summed E-state index contributed by atoms with van der Waals surface area (Å²) in [5.74, 6) is 0. The number of rotatable bonds is 8. The van der Waals surface area contributed by atoms with Crippen molar-refractivity contribution in [1.82, 2.24) is 29.9 Å². The third-order valence-electron chi connectivity index (χ3n) is 8.67. The van der Waals surface area contributed by atoms with Crippen molar-refractivity contribution < 1.29 is 0 Å². The molecule has 2 unspecified atom stereocenters.